The Morgan fingerprint density at radius 2 is 1.97 bits per heavy atom. The number of ether oxygens (including phenoxy) is 2. The number of carbonyl (C=O) groups is 1. The first-order chi connectivity index (χ1) is 14.2. The number of aromatic hydroxyl groups is 2. The molecule has 0 spiro atoms. The molecule has 1 atom stereocenters. The maximum Gasteiger partial charge on any atom is 0.177 e. The Kier molecular flexibility index (Phi) is 4.85. The van der Waals surface area contributed by atoms with Crippen molar-refractivity contribution < 1.29 is 24.5 Å². The van der Waals surface area contributed by atoms with Gasteiger partial charge in [0.2, 0.25) is 0 Å². The molecule has 2 aromatic rings. The zero-order valence-corrected chi connectivity index (χ0v) is 17.7. The van der Waals surface area contributed by atoms with Gasteiger partial charge in [-0.25, -0.2) is 0 Å². The Morgan fingerprint density at radius 1 is 1.20 bits per heavy atom. The fourth-order valence-electron chi connectivity index (χ4n) is 3.89. The third-order valence-corrected chi connectivity index (χ3v) is 5.46. The van der Waals surface area contributed by atoms with Crippen molar-refractivity contribution in [3.05, 3.63) is 64.2 Å². The van der Waals surface area contributed by atoms with E-state index in [1.807, 2.05) is 45.9 Å². The van der Waals surface area contributed by atoms with Crippen LogP contribution >= 0.6 is 0 Å². The molecule has 5 heteroatoms. The van der Waals surface area contributed by atoms with Crippen LogP contribution in [0.4, 0.5) is 0 Å². The van der Waals surface area contributed by atoms with Crippen LogP contribution in [0.1, 0.15) is 60.7 Å². The molecule has 156 valence electrons. The average Bonchev–Trinajstić information content (AvgIpc) is 2.66. The lowest BCUT2D eigenvalue weighted by Crippen LogP contribution is -2.31. The second-order valence-electron chi connectivity index (χ2n) is 8.65. The lowest BCUT2D eigenvalue weighted by Gasteiger charge is -2.33. The number of rotatable bonds is 3. The molecule has 5 nitrogen and oxygen atoms in total. The third-order valence-electron chi connectivity index (χ3n) is 5.46. The minimum Gasteiger partial charge on any atom is -0.508 e. The van der Waals surface area contributed by atoms with Crippen molar-refractivity contribution >= 4 is 11.9 Å². The average molecular weight is 406 g/mol. The lowest BCUT2D eigenvalue weighted by atomic mass is 9.85. The van der Waals surface area contributed by atoms with Gasteiger partial charge in [0.15, 0.2) is 5.78 Å². The van der Waals surface area contributed by atoms with Gasteiger partial charge >= 0.3 is 0 Å². The van der Waals surface area contributed by atoms with Crippen LogP contribution in [0.25, 0.3) is 6.08 Å². The summed E-state index contributed by atoms with van der Waals surface area (Å²) in [6, 6.07) is 6.08. The standard InChI is InChI=1S/C25H26O5/c1-14(2)5-7-18-23-15(9-10-25(3,4)30-23)11-19-22(28)20(13-29-24(18)19)17-8-6-16(26)12-21(17)27/h5-6,8-12,20,26-27H,7,13H2,1-4H3. The van der Waals surface area contributed by atoms with Crippen LogP contribution < -0.4 is 9.47 Å². The molecule has 2 N–H and O–H groups in total. The summed E-state index contributed by atoms with van der Waals surface area (Å²) in [5.41, 5.74) is 3.36. The molecule has 30 heavy (non-hydrogen) atoms. The lowest BCUT2D eigenvalue weighted by molar-refractivity contribution is 0.0891. The monoisotopic (exact) mass is 406 g/mol. The maximum absolute atomic E-state index is 13.4. The van der Waals surface area contributed by atoms with E-state index >= 15 is 0 Å². The van der Waals surface area contributed by atoms with Crippen LogP contribution in [0.15, 0.2) is 42.0 Å². The highest BCUT2D eigenvalue weighted by molar-refractivity contribution is 6.06. The topological polar surface area (TPSA) is 76.0 Å². The van der Waals surface area contributed by atoms with Crippen LogP contribution in [-0.2, 0) is 6.42 Å². The van der Waals surface area contributed by atoms with Crippen LogP contribution in [0.2, 0.25) is 0 Å². The van der Waals surface area contributed by atoms with Gasteiger partial charge in [-0.1, -0.05) is 23.8 Å². The number of ketones is 1. The fourth-order valence-corrected chi connectivity index (χ4v) is 3.89. The number of phenolic OH excluding ortho intramolecular Hbond substituents is 2. The fraction of sp³-hybridized carbons (Fsp3) is 0.320. The number of phenols is 2. The predicted molar refractivity (Wildman–Crippen MR) is 116 cm³/mol. The molecule has 0 radical (unpaired) electrons. The molecule has 0 aromatic heterocycles. The highest BCUT2D eigenvalue weighted by Gasteiger charge is 2.36. The second kappa shape index (κ2) is 7.24. The molecule has 0 fully saturated rings. The molecule has 1 unspecified atom stereocenters. The van der Waals surface area contributed by atoms with Gasteiger partial charge in [-0.15, -0.1) is 0 Å². The molecule has 0 saturated heterocycles. The third kappa shape index (κ3) is 3.56. The van der Waals surface area contributed by atoms with Gasteiger partial charge in [-0.05, 0) is 52.3 Å². The van der Waals surface area contributed by atoms with E-state index in [1.165, 1.54) is 17.7 Å². The van der Waals surface area contributed by atoms with Crippen molar-refractivity contribution in [3.8, 4) is 23.0 Å². The van der Waals surface area contributed by atoms with E-state index < -0.39 is 11.5 Å². The van der Waals surface area contributed by atoms with Gasteiger partial charge in [0.1, 0.15) is 35.2 Å². The number of benzene rings is 2. The molecule has 2 heterocycles. The Morgan fingerprint density at radius 3 is 2.67 bits per heavy atom. The van der Waals surface area contributed by atoms with Crippen molar-refractivity contribution in [3.63, 3.8) is 0 Å². The molecule has 2 aliphatic heterocycles. The molecule has 0 bridgehead atoms. The van der Waals surface area contributed by atoms with Gasteiger partial charge in [0, 0.05) is 22.8 Å². The van der Waals surface area contributed by atoms with Crippen LogP contribution in [-0.4, -0.2) is 28.2 Å². The molecule has 0 aliphatic carbocycles. The van der Waals surface area contributed by atoms with Crippen LogP contribution in [0.3, 0.4) is 0 Å². The summed E-state index contributed by atoms with van der Waals surface area (Å²) >= 11 is 0. The molecular formula is C25H26O5. The first kappa shape index (κ1) is 20.1. The van der Waals surface area contributed by atoms with Crippen LogP contribution in [0.5, 0.6) is 23.0 Å². The largest absolute Gasteiger partial charge is 0.508 e. The molecule has 4 rings (SSSR count). The Balaban J connectivity index is 1.84. The zero-order chi connectivity index (χ0) is 21.6. The molecule has 2 aromatic carbocycles. The van der Waals surface area contributed by atoms with Gasteiger partial charge < -0.3 is 19.7 Å². The maximum atomic E-state index is 13.4. The number of carbonyl (C=O) groups excluding carboxylic acids is 1. The first-order valence-corrected chi connectivity index (χ1v) is 10.1. The molecule has 0 saturated carbocycles. The normalized spacial score (nSPS) is 18.7. The van der Waals surface area contributed by atoms with Crippen molar-refractivity contribution in [2.45, 2.75) is 45.6 Å². The van der Waals surface area contributed by atoms with Crippen molar-refractivity contribution in [2.75, 3.05) is 6.61 Å². The number of allylic oxidation sites excluding steroid dienone is 2. The van der Waals surface area contributed by atoms with E-state index in [-0.39, 0.29) is 23.9 Å². The van der Waals surface area contributed by atoms with Crippen molar-refractivity contribution in [2.24, 2.45) is 0 Å². The van der Waals surface area contributed by atoms with E-state index in [1.54, 1.807) is 6.07 Å². The number of fused-ring (bicyclic) bond motifs is 2. The Hall–Kier alpha value is -3.21. The highest BCUT2D eigenvalue weighted by atomic mass is 16.5. The van der Waals surface area contributed by atoms with Gasteiger partial charge in [0.05, 0.1) is 11.5 Å². The number of hydrogen-bond donors (Lipinski definition) is 2. The SMILES string of the molecule is CC(C)=CCc1c2c(cc3c1OCC(c1ccc(O)cc1O)C3=O)C=CC(C)(C)O2. The van der Waals surface area contributed by atoms with E-state index in [0.717, 1.165) is 16.9 Å². The van der Waals surface area contributed by atoms with E-state index in [4.69, 9.17) is 9.47 Å². The minimum absolute atomic E-state index is 0.0520. The van der Waals surface area contributed by atoms with Gasteiger partial charge in [-0.2, -0.15) is 0 Å². The first-order valence-electron chi connectivity index (χ1n) is 10.1. The Bertz CT molecular complexity index is 1090. The number of hydrogen-bond acceptors (Lipinski definition) is 5. The molecule has 0 amide bonds. The second-order valence-corrected chi connectivity index (χ2v) is 8.65. The van der Waals surface area contributed by atoms with Crippen molar-refractivity contribution in [1.82, 2.24) is 0 Å². The molecular weight excluding hydrogens is 380 g/mol. The summed E-state index contributed by atoms with van der Waals surface area (Å²) in [5, 5.41) is 19.8. The minimum atomic E-state index is -0.641. The quantitative estimate of drug-likeness (QED) is 0.690. The van der Waals surface area contributed by atoms with E-state index in [9.17, 15) is 15.0 Å². The van der Waals surface area contributed by atoms with E-state index in [2.05, 4.69) is 6.08 Å². The summed E-state index contributed by atoms with van der Waals surface area (Å²) in [6.45, 7) is 8.16. The predicted octanol–water partition coefficient (Wildman–Crippen LogP) is 5.15. The van der Waals surface area contributed by atoms with Crippen molar-refractivity contribution in [1.29, 1.82) is 0 Å². The van der Waals surface area contributed by atoms with Crippen LogP contribution in [0, 0.1) is 0 Å². The Labute approximate surface area is 176 Å². The zero-order valence-electron chi connectivity index (χ0n) is 17.7. The summed E-state index contributed by atoms with van der Waals surface area (Å²) < 4.78 is 12.4. The number of Topliss-reactive ketones (excluding diaryl/α,β-unsaturated/α-hetero) is 1. The highest BCUT2D eigenvalue weighted by Crippen LogP contribution is 2.46. The summed E-state index contributed by atoms with van der Waals surface area (Å²) in [5.74, 6) is 0.375. The molecule has 2 aliphatic rings. The van der Waals surface area contributed by atoms with Gasteiger partial charge in [-0.3, -0.25) is 4.79 Å². The van der Waals surface area contributed by atoms with Gasteiger partial charge in [0.25, 0.3) is 0 Å². The van der Waals surface area contributed by atoms with E-state index in [0.29, 0.717) is 23.3 Å². The smallest absolute Gasteiger partial charge is 0.177 e. The summed E-state index contributed by atoms with van der Waals surface area (Å²) in [6.07, 6.45) is 6.65. The summed E-state index contributed by atoms with van der Waals surface area (Å²) in [7, 11) is 0. The summed E-state index contributed by atoms with van der Waals surface area (Å²) in [4.78, 5) is 13.4.